The predicted octanol–water partition coefficient (Wildman–Crippen LogP) is 10.3. The zero-order valence-electron chi connectivity index (χ0n) is 32.1. The van der Waals surface area contributed by atoms with Gasteiger partial charge >= 0.3 is 0 Å². The Bertz CT molecular complexity index is 1860. The van der Waals surface area contributed by atoms with E-state index in [0.717, 1.165) is 0 Å². The van der Waals surface area contributed by atoms with Crippen molar-refractivity contribution in [3.63, 3.8) is 0 Å². The molecule has 9 rings (SSSR count). The van der Waals surface area contributed by atoms with E-state index < -0.39 is 23.8 Å². The van der Waals surface area contributed by atoms with E-state index in [-0.39, 0.29) is 16.5 Å². The SMILES string of the molecule is [Ni].c1ccc(P(c2ccccc2)c2ccccc2)cc1.c1ccc(P(c2ccccc2)c2ccccc2)cc1.c1ccc(P(c2ccccc2)c2ccccc2)cc1. The molecular formula is C54H45NiP3. The zero-order chi connectivity index (χ0) is 38.7. The molecule has 0 amide bonds. The summed E-state index contributed by atoms with van der Waals surface area (Å²) in [5.74, 6) is 0. The van der Waals surface area contributed by atoms with E-state index in [4.69, 9.17) is 0 Å². The summed E-state index contributed by atoms with van der Waals surface area (Å²) < 4.78 is 0. The van der Waals surface area contributed by atoms with Gasteiger partial charge in [-0.2, -0.15) is 0 Å². The van der Waals surface area contributed by atoms with Gasteiger partial charge in [0.2, 0.25) is 0 Å². The van der Waals surface area contributed by atoms with Crippen LogP contribution in [0.4, 0.5) is 0 Å². The molecule has 0 unspecified atom stereocenters. The van der Waals surface area contributed by atoms with Gasteiger partial charge in [-0.25, -0.2) is 0 Å². The van der Waals surface area contributed by atoms with Gasteiger partial charge < -0.3 is 0 Å². The van der Waals surface area contributed by atoms with Gasteiger partial charge in [0.1, 0.15) is 0 Å². The van der Waals surface area contributed by atoms with Crippen molar-refractivity contribution in [2.75, 3.05) is 0 Å². The predicted molar refractivity (Wildman–Crippen MR) is 255 cm³/mol. The molecular weight excluding hydrogens is 800 g/mol. The Morgan fingerprint density at radius 2 is 0.224 bits per heavy atom. The second-order valence-electron chi connectivity index (χ2n) is 13.0. The minimum Gasteiger partial charge on any atom is -0.0622 e. The van der Waals surface area contributed by atoms with E-state index in [1.165, 1.54) is 47.7 Å². The first-order valence-corrected chi connectivity index (χ1v) is 23.2. The van der Waals surface area contributed by atoms with Crippen LogP contribution in [-0.4, -0.2) is 0 Å². The maximum atomic E-state index is 2.23. The maximum absolute atomic E-state index is 2.23. The van der Waals surface area contributed by atoms with Crippen LogP contribution in [0.3, 0.4) is 0 Å². The molecule has 0 spiro atoms. The Kier molecular flexibility index (Phi) is 17.0. The molecule has 9 aromatic rings. The molecule has 0 N–H and O–H groups in total. The van der Waals surface area contributed by atoms with E-state index in [1.807, 2.05) is 0 Å². The van der Waals surface area contributed by atoms with Crippen molar-refractivity contribution in [1.29, 1.82) is 0 Å². The summed E-state index contributed by atoms with van der Waals surface area (Å²) in [5.41, 5.74) is 0. The van der Waals surface area contributed by atoms with Crippen LogP contribution in [0.5, 0.6) is 0 Å². The molecule has 4 heteroatoms. The van der Waals surface area contributed by atoms with Gasteiger partial charge in [0.25, 0.3) is 0 Å². The summed E-state index contributed by atoms with van der Waals surface area (Å²) in [6.45, 7) is 0. The molecule has 0 aliphatic rings. The van der Waals surface area contributed by atoms with Crippen LogP contribution in [0.2, 0.25) is 0 Å². The van der Waals surface area contributed by atoms with Crippen LogP contribution in [-0.2, 0) is 16.5 Å². The molecule has 0 bridgehead atoms. The molecule has 0 saturated carbocycles. The molecule has 0 heterocycles. The molecule has 0 fully saturated rings. The van der Waals surface area contributed by atoms with Crippen molar-refractivity contribution in [3.05, 3.63) is 273 Å². The molecule has 58 heavy (non-hydrogen) atoms. The summed E-state index contributed by atoms with van der Waals surface area (Å²) in [7, 11) is -1.34. The Morgan fingerprint density at radius 3 is 0.310 bits per heavy atom. The molecule has 0 aliphatic carbocycles. The number of benzene rings is 9. The smallest absolute Gasteiger partial charge is 0 e. The Balaban J connectivity index is 0.000000145. The molecule has 0 atom stereocenters. The molecule has 0 aliphatic heterocycles. The van der Waals surface area contributed by atoms with Gasteiger partial charge in [0.05, 0.1) is 0 Å². The monoisotopic (exact) mass is 844 g/mol. The van der Waals surface area contributed by atoms with Crippen LogP contribution >= 0.6 is 23.8 Å². The fourth-order valence-electron chi connectivity index (χ4n) is 6.54. The largest absolute Gasteiger partial charge is 0.0622 e. The summed E-state index contributed by atoms with van der Waals surface area (Å²) in [5, 5.41) is 12.6. The van der Waals surface area contributed by atoms with Gasteiger partial charge in [-0.05, 0) is 71.5 Å². The van der Waals surface area contributed by atoms with Crippen LogP contribution in [0.15, 0.2) is 273 Å². The average Bonchev–Trinajstić information content (AvgIpc) is 3.30. The standard InChI is InChI=1S/3C18H15P.Ni/c3*1-4-10-16(11-5-1)19(17-12-6-2-7-13-17)18-14-8-3-9-15-18;/h3*1-15H;. The summed E-state index contributed by atoms with van der Waals surface area (Å²) in [4.78, 5) is 0. The van der Waals surface area contributed by atoms with Crippen LogP contribution in [0.25, 0.3) is 0 Å². The fourth-order valence-corrected chi connectivity index (χ4v) is 13.5. The second-order valence-corrected chi connectivity index (χ2v) is 19.7. The Hall–Kier alpha value is -5.24. The third-order valence-corrected chi connectivity index (χ3v) is 16.5. The van der Waals surface area contributed by atoms with Crippen LogP contribution in [0, 0.1) is 0 Å². The summed E-state index contributed by atoms with van der Waals surface area (Å²) in [6, 6.07) is 97.0. The molecule has 0 radical (unpaired) electrons. The van der Waals surface area contributed by atoms with Gasteiger partial charge in [0, 0.05) is 16.5 Å². The van der Waals surface area contributed by atoms with Gasteiger partial charge in [0.15, 0.2) is 0 Å². The summed E-state index contributed by atoms with van der Waals surface area (Å²) in [6.07, 6.45) is 0. The van der Waals surface area contributed by atoms with E-state index in [2.05, 4.69) is 273 Å². The number of hydrogen-bond acceptors (Lipinski definition) is 0. The normalized spacial score (nSPS) is 10.4. The van der Waals surface area contributed by atoms with Crippen LogP contribution < -0.4 is 47.7 Å². The van der Waals surface area contributed by atoms with Gasteiger partial charge in [-0.3, -0.25) is 0 Å². The van der Waals surface area contributed by atoms with E-state index in [9.17, 15) is 0 Å². The third-order valence-electron chi connectivity index (χ3n) is 9.13. The quantitative estimate of drug-likeness (QED) is 0.100. The van der Waals surface area contributed by atoms with Crippen molar-refractivity contribution in [3.8, 4) is 0 Å². The van der Waals surface area contributed by atoms with Crippen molar-refractivity contribution in [2.24, 2.45) is 0 Å². The van der Waals surface area contributed by atoms with E-state index >= 15 is 0 Å². The third kappa shape index (κ3) is 11.9. The topological polar surface area (TPSA) is 0 Å². The number of rotatable bonds is 9. The van der Waals surface area contributed by atoms with E-state index in [1.54, 1.807) is 0 Å². The Morgan fingerprint density at radius 1 is 0.138 bits per heavy atom. The molecule has 9 aromatic carbocycles. The van der Waals surface area contributed by atoms with Crippen LogP contribution in [0.1, 0.15) is 0 Å². The van der Waals surface area contributed by atoms with Gasteiger partial charge in [-0.15, -0.1) is 0 Å². The zero-order valence-corrected chi connectivity index (χ0v) is 35.8. The van der Waals surface area contributed by atoms with Gasteiger partial charge in [-0.1, -0.05) is 273 Å². The van der Waals surface area contributed by atoms with E-state index in [0.29, 0.717) is 0 Å². The molecule has 0 aromatic heterocycles. The second kappa shape index (κ2) is 23.2. The molecule has 0 saturated heterocycles. The first kappa shape index (κ1) is 42.4. The van der Waals surface area contributed by atoms with Crippen molar-refractivity contribution >= 4 is 71.5 Å². The average molecular weight is 846 g/mol. The minimum atomic E-state index is -0.446. The maximum Gasteiger partial charge on any atom is 0 e. The van der Waals surface area contributed by atoms with Crippen molar-refractivity contribution in [1.82, 2.24) is 0 Å². The first-order valence-electron chi connectivity index (χ1n) is 19.2. The first-order chi connectivity index (χ1) is 28.3. The number of hydrogen-bond donors (Lipinski definition) is 0. The fraction of sp³-hybridized carbons (Fsp3) is 0. The summed E-state index contributed by atoms with van der Waals surface area (Å²) >= 11 is 0. The van der Waals surface area contributed by atoms with Crippen molar-refractivity contribution in [2.45, 2.75) is 0 Å². The Labute approximate surface area is 358 Å². The molecule has 286 valence electrons. The van der Waals surface area contributed by atoms with Crippen molar-refractivity contribution < 1.29 is 16.5 Å². The minimum absolute atomic E-state index is 0. The molecule has 0 nitrogen and oxygen atoms in total.